The van der Waals surface area contributed by atoms with Crippen LogP contribution in [0.4, 0.5) is 0 Å². The molecule has 0 spiro atoms. The second kappa shape index (κ2) is 9.45. The number of likely N-dealkylation sites (tertiary alicyclic amines) is 1. The Morgan fingerprint density at radius 2 is 2.00 bits per heavy atom. The summed E-state index contributed by atoms with van der Waals surface area (Å²) in [6.07, 6.45) is 1.20. The van der Waals surface area contributed by atoms with Crippen LogP contribution in [0.1, 0.15) is 13.3 Å². The summed E-state index contributed by atoms with van der Waals surface area (Å²) in [7, 11) is 5.88. The lowest BCUT2D eigenvalue weighted by atomic mass is 10.1. The smallest absolute Gasteiger partial charge is 0.193 e. The molecule has 2 aliphatic heterocycles. The second-order valence-electron chi connectivity index (χ2n) is 7.19. The van der Waals surface area contributed by atoms with E-state index in [0.717, 1.165) is 32.2 Å². The third-order valence-corrected chi connectivity index (χ3v) is 4.97. The number of piperazine rings is 1. The van der Waals surface area contributed by atoms with Crippen LogP contribution in [0.15, 0.2) is 4.99 Å². The van der Waals surface area contributed by atoms with Crippen molar-refractivity contribution in [3.63, 3.8) is 0 Å². The molecule has 0 aromatic heterocycles. The number of aliphatic imine (C=N–C) groups is 1. The largest absolute Gasteiger partial charge is 0.384 e. The average Bonchev–Trinajstić information content (AvgIpc) is 2.99. The van der Waals surface area contributed by atoms with Gasteiger partial charge in [-0.3, -0.25) is 4.99 Å². The summed E-state index contributed by atoms with van der Waals surface area (Å²) in [6, 6.07) is 0. The quantitative estimate of drug-likeness (QED) is 0.566. The number of hydrogen-bond acceptors (Lipinski definition) is 4. The van der Waals surface area contributed by atoms with Crippen LogP contribution in [0.25, 0.3) is 0 Å². The molecule has 0 aliphatic carbocycles. The highest BCUT2D eigenvalue weighted by Gasteiger charge is 2.25. The molecule has 0 radical (unpaired) electrons. The van der Waals surface area contributed by atoms with Crippen molar-refractivity contribution < 1.29 is 4.74 Å². The first-order valence-corrected chi connectivity index (χ1v) is 8.97. The maximum absolute atomic E-state index is 5.28. The van der Waals surface area contributed by atoms with Gasteiger partial charge in [-0.1, -0.05) is 6.92 Å². The Balaban J connectivity index is 1.69. The maximum Gasteiger partial charge on any atom is 0.193 e. The van der Waals surface area contributed by atoms with Crippen molar-refractivity contribution in [3.8, 4) is 0 Å². The van der Waals surface area contributed by atoms with Gasteiger partial charge in [0.05, 0.1) is 6.61 Å². The second-order valence-corrected chi connectivity index (χ2v) is 7.19. The SMILES string of the molecule is CN=C(NCC(C)CN1CCN(C)CC1)N1CCC(COC)C1. The van der Waals surface area contributed by atoms with Crippen molar-refractivity contribution in [2.24, 2.45) is 16.8 Å². The first-order chi connectivity index (χ1) is 11.1. The van der Waals surface area contributed by atoms with Crippen LogP contribution >= 0.6 is 0 Å². The van der Waals surface area contributed by atoms with Gasteiger partial charge < -0.3 is 24.8 Å². The van der Waals surface area contributed by atoms with E-state index < -0.39 is 0 Å². The van der Waals surface area contributed by atoms with E-state index in [0.29, 0.717) is 11.8 Å². The minimum Gasteiger partial charge on any atom is -0.384 e. The van der Waals surface area contributed by atoms with Crippen molar-refractivity contribution in [1.29, 1.82) is 0 Å². The molecule has 134 valence electrons. The average molecular weight is 326 g/mol. The van der Waals surface area contributed by atoms with Crippen molar-refractivity contribution in [3.05, 3.63) is 0 Å². The molecule has 0 saturated carbocycles. The van der Waals surface area contributed by atoms with E-state index in [1.165, 1.54) is 39.1 Å². The number of guanidine groups is 1. The summed E-state index contributed by atoms with van der Waals surface area (Å²) in [5.41, 5.74) is 0. The van der Waals surface area contributed by atoms with Crippen LogP contribution in [0.2, 0.25) is 0 Å². The van der Waals surface area contributed by atoms with Crippen LogP contribution in [0.3, 0.4) is 0 Å². The monoisotopic (exact) mass is 325 g/mol. The van der Waals surface area contributed by atoms with Gasteiger partial charge in [0.2, 0.25) is 0 Å². The van der Waals surface area contributed by atoms with Gasteiger partial charge in [0, 0.05) is 72.4 Å². The summed E-state index contributed by atoms with van der Waals surface area (Å²) >= 11 is 0. The highest BCUT2D eigenvalue weighted by molar-refractivity contribution is 5.80. The fourth-order valence-corrected chi connectivity index (χ4v) is 3.53. The number of nitrogens with one attached hydrogen (secondary N) is 1. The lowest BCUT2D eigenvalue weighted by molar-refractivity contribution is 0.139. The zero-order valence-electron chi connectivity index (χ0n) is 15.4. The summed E-state index contributed by atoms with van der Waals surface area (Å²) in [5, 5.41) is 3.57. The van der Waals surface area contributed by atoms with Crippen LogP contribution < -0.4 is 5.32 Å². The van der Waals surface area contributed by atoms with E-state index >= 15 is 0 Å². The number of likely N-dealkylation sites (N-methyl/N-ethyl adjacent to an activating group) is 1. The summed E-state index contributed by atoms with van der Waals surface area (Å²) < 4.78 is 5.28. The standard InChI is InChI=1S/C17H35N5O/c1-15(12-21-9-7-20(3)8-10-21)11-19-17(18-2)22-6-5-16(13-22)14-23-4/h15-16H,5-14H2,1-4H3,(H,18,19). The minimum atomic E-state index is 0.632. The van der Waals surface area contributed by atoms with Gasteiger partial charge in [-0.2, -0.15) is 0 Å². The van der Waals surface area contributed by atoms with Crippen LogP contribution in [-0.4, -0.2) is 101 Å². The Kier molecular flexibility index (Phi) is 7.59. The molecule has 2 heterocycles. The number of nitrogens with zero attached hydrogens (tertiary/aromatic N) is 4. The van der Waals surface area contributed by atoms with Crippen molar-refractivity contribution >= 4 is 5.96 Å². The Labute approximate surface area is 141 Å². The third kappa shape index (κ3) is 5.94. The Morgan fingerprint density at radius 3 is 2.65 bits per heavy atom. The van der Waals surface area contributed by atoms with Gasteiger partial charge in [0.15, 0.2) is 5.96 Å². The molecule has 2 fully saturated rings. The number of rotatable bonds is 6. The van der Waals surface area contributed by atoms with Gasteiger partial charge in [-0.25, -0.2) is 0 Å². The van der Waals surface area contributed by atoms with Gasteiger partial charge in [0.25, 0.3) is 0 Å². The normalized spacial score (nSPS) is 25.8. The third-order valence-electron chi connectivity index (χ3n) is 4.97. The molecule has 2 atom stereocenters. The first-order valence-electron chi connectivity index (χ1n) is 8.97. The van der Waals surface area contributed by atoms with Crippen LogP contribution in [0.5, 0.6) is 0 Å². The maximum atomic E-state index is 5.28. The molecule has 2 unspecified atom stereocenters. The van der Waals surface area contributed by atoms with Gasteiger partial charge in [0.1, 0.15) is 0 Å². The molecule has 1 N–H and O–H groups in total. The lowest BCUT2D eigenvalue weighted by Gasteiger charge is -2.34. The first kappa shape index (κ1) is 18.5. The predicted molar refractivity (Wildman–Crippen MR) is 96.0 cm³/mol. The topological polar surface area (TPSA) is 43.3 Å². The molecule has 0 aromatic rings. The zero-order chi connectivity index (χ0) is 16.7. The molecule has 2 rings (SSSR count). The molecule has 0 aromatic carbocycles. The zero-order valence-corrected chi connectivity index (χ0v) is 15.4. The Morgan fingerprint density at radius 1 is 1.26 bits per heavy atom. The van der Waals surface area contributed by atoms with E-state index in [9.17, 15) is 0 Å². The summed E-state index contributed by atoms with van der Waals surface area (Å²) in [6.45, 7) is 12.3. The van der Waals surface area contributed by atoms with Crippen molar-refractivity contribution in [2.75, 3.05) is 80.2 Å². The fourth-order valence-electron chi connectivity index (χ4n) is 3.53. The van der Waals surface area contributed by atoms with E-state index in [4.69, 9.17) is 4.74 Å². The molecular weight excluding hydrogens is 290 g/mol. The van der Waals surface area contributed by atoms with E-state index in [2.05, 4.69) is 39.0 Å². The van der Waals surface area contributed by atoms with Gasteiger partial charge in [-0.05, 0) is 19.4 Å². The highest BCUT2D eigenvalue weighted by Crippen LogP contribution is 2.16. The number of ether oxygens (including phenoxy) is 1. The summed E-state index contributed by atoms with van der Waals surface area (Å²) in [4.78, 5) is 11.8. The molecule has 0 amide bonds. The molecule has 2 saturated heterocycles. The molecule has 6 nitrogen and oxygen atoms in total. The number of methoxy groups -OCH3 is 1. The van der Waals surface area contributed by atoms with Crippen LogP contribution in [-0.2, 0) is 4.74 Å². The molecule has 6 heteroatoms. The predicted octanol–water partition coefficient (Wildman–Crippen LogP) is 0.414. The summed E-state index contributed by atoms with van der Waals surface area (Å²) in [5.74, 6) is 2.32. The van der Waals surface area contributed by atoms with E-state index in [1.54, 1.807) is 7.11 Å². The Bertz CT molecular complexity index is 368. The van der Waals surface area contributed by atoms with E-state index in [1.807, 2.05) is 7.05 Å². The van der Waals surface area contributed by atoms with Gasteiger partial charge >= 0.3 is 0 Å². The highest BCUT2D eigenvalue weighted by atomic mass is 16.5. The Hall–Kier alpha value is -0.850. The molecular formula is C17H35N5O. The molecule has 0 bridgehead atoms. The van der Waals surface area contributed by atoms with E-state index in [-0.39, 0.29) is 0 Å². The van der Waals surface area contributed by atoms with Crippen molar-refractivity contribution in [2.45, 2.75) is 13.3 Å². The lowest BCUT2D eigenvalue weighted by Crippen LogP contribution is -2.48. The molecule has 23 heavy (non-hydrogen) atoms. The molecule has 2 aliphatic rings. The van der Waals surface area contributed by atoms with Crippen molar-refractivity contribution in [1.82, 2.24) is 20.0 Å². The van der Waals surface area contributed by atoms with Crippen LogP contribution in [0, 0.1) is 11.8 Å². The fraction of sp³-hybridized carbons (Fsp3) is 0.941. The van der Waals surface area contributed by atoms with Gasteiger partial charge in [-0.15, -0.1) is 0 Å². The minimum absolute atomic E-state index is 0.632. The number of hydrogen-bond donors (Lipinski definition) is 1.